The third-order valence-electron chi connectivity index (χ3n) is 4.13. The van der Waals surface area contributed by atoms with Gasteiger partial charge in [0, 0.05) is 11.8 Å². The number of anilines is 1. The third-order valence-corrected chi connectivity index (χ3v) is 6.45. The number of hydrogen-bond donors (Lipinski definition) is 0. The molecule has 142 valence electrons. The minimum atomic E-state index is -3.79. The van der Waals surface area contributed by atoms with Gasteiger partial charge < -0.3 is 9.47 Å². The summed E-state index contributed by atoms with van der Waals surface area (Å²) in [5.41, 5.74) is 2.11. The zero-order valence-electron chi connectivity index (χ0n) is 15.3. The number of methoxy groups -OCH3 is 1. The van der Waals surface area contributed by atoms with Crippen LogP contribution < -0.4 is 9.04 Å². The topological polar surface area (TPSA) is 55.8 Å². The molecule has 0 saturated carbocycles. The molecular weight excluding hydrogens is 430 g/mol. The minimum absolute atomic E-state index is 0.218. The number of ether oxygens (including phenoxy) is 2. The predicted octanol–water partition coefficient (Wildman–Crippen LogP) is 4.83. The van der Waals surface area contributed by atoms with Crippen LogP contribution in [-0.2, 0) is 14.8 Å². The maximum Gasteiger partial charge on any atom is 0.268 e. The highest BCUT2D eigenvalue weighted by Crippen LogP contribution is 2.40. The second-order valence-corrected chi connectivity index (χ2v) is 8.59. The monoisotopic (exact) mass is 449 g/mol. The van der Waals surface area contributed by atoms with E-state index in [1.54, 1.807) is 55.7 Å². The number of allylic oxidation sites excluding steroid dienone is 2. The molecule has 3 rings (SSSR count). The van der Waals surface area contributed by atoms with E-state index in [1.165, 1.54) is 10.5 Å². The minimum Gasteiger partial charge on any atom is -0.497 e. The molecule has 7 heteroatoms. The molecule has 1 heterocycles. The van der Waals surface area contributed by atoms with E-state index in [1.807, 2.05) is 13.8 Å². The van der Waals surface area contributed by atoms with Crippen molar-refractivity contribution in [2.45, 2.75) is 18.7 Å². The molecule has 1 aliphatic rings. The molecule has 0 aromatic heterocycles. The zero-order valence-corrected chi connectivity index (χ0v) is 17.7. The normalized spacial score (nSPS) is 14.0. The van der Waals surface area contributed by atoms with Crippen molar-refractivity contribution in [3.63, 3.8) is 0 Å². The van der Waals surface area contributed by atoms with Crippen molar-refractivity contribution in [2.24, 2.45) is 0 Å². The molecule has 1 aliphatic heterocycles. The summed E-state index contributed by atoms with van der Waals surface area (Å²) in [7, 11) is -2.23. The first-order valence-corrected chi connectivity index (χ1v) is 10.6. The first-order valence-electron chi connectivity index (χ1n) is 8.38. The van der Waals surface area contributed by atoms with E-state index in [0.29, 0.717) is 33.8 Å². The Morgan fingerprint density at radius 1 is 1.11 bits per heavy atom. The molecule has 0 aliphatic carbocycles. The Morgan fingerprint density at radius 3 is 2.44 bits per heavy atom. The van der Waals surface area contributed by atoms with Crippen LogP contribution in [0.3, 0.4) is 0 Å². The zero-order chi connectivity index (χ0) is 19.6. The number of benzene rings is 2. The van der Waals surface area contributed by atoms with Gasteiger partial charge in [0.05, 0.1) is 28.8 Å². The highest BCUT2D eigenvalue weighted by Gasteiger charge is 2.29. The Hall–Kier alpha value is -2.25. The molecule has 2 aromatic carbocycles. The first kappa shape index (κ1) is 19.5. The van der Waals surface area contributed by atoms with Gasteiger partial charge >= 0.3 is 0 Å². The SMILES string of the molecule is CCOC1=C(Br)C=CN(S(=O)(=O)c2ccc(C)cc2)c2ccc(OC)cc21. The molecule has 0 bridgehead atoms. The Kier molecular flexibility index (Phi) is 5.62. The van der Waals surface area contributed by atoms with Crippen LogP contribution in [0.1, 0.15) is 18.1 Å². The molecule has 5 nitrogen and oxygen atoms in total. The highest BCUT2D eigenvalue weighted by molar-refractivity contribution is 9.12. The van der Waals surface area contributed by atoms with Gasteiger partial charge in [0.15, 0.2) is 0 Å². The van der Waals surface area contributed by atoms with Gasteiger partial charge in [-0.1, -0.05) is 17.7 Å². The van der Waals surface area contributed by atoms with Crippen LogP contribution in [0.2, 0.25) is 0 Å². The fourth-order valence-corrected chi connectivity index (χ4v) is 4.55. The summed E-state index contributed by atoms with van der Waals surface area (Å²) in [6.45, 7) is 4.24. The van der Waals surface area contributed by atoms with Crippen molar-refractivity contribution in [3.05, 3.63) is 70.3 Å². The van der Waals surface area contributed by atoms with E-state index in [2.05, 4.69) is 15.9 Å². The molecule has 0 N–H and O–H groups in total. The molecule has 0 amide bonds. The number of hydrogen-bond acceptors (Lipinski definition) is 4. The summed E-state index contributed by atoms with van der Waals surface area (Å²) >= 11 is 3.49. The van der Waals surface area contributed by atoms with E-state index in [4.69, 9.17) is 9.47 Å². The Bertz CT molecular complexity index is 1010. The van der Waals surface area contributed by atoms with Gasteiger partial charge in [-0.2, -0.15) is 0 Å². The molecule has 0 spiro atoms. The largest absolute Gasteiger partial charge is 0.497 e. The fraction of sp³-hybridized carbons (Fsp3) is 0.200. The third kappa shape index (κ3) is 3.75. The van der Waals surface area contributed by atoms with Crippen molar-refractivity contribution in [1.82, 2.24) is 0 Å². The number of rotatable bonds is 5. The summed E-state index contributed by atoms with van der Waals surface area (Å²) in [4.78, 5) is 0.218. The van der Waals surface area contributed by atoms with E-state index in [0.717, 1.165) is 5.56 Å². The van der Waals surface area contributed by atoms with Gasteiger partial charge in [-0.15, -0.1) is 0 Å². The van der Waals surface area contributed by atoms with Crippen molar-refractivity contribution in [1.29, 1.82) is 0 Å². The van der Waals surface area contributed by atoms with E-state index in [9.17, 15) is 8.42 Å². The first-order chi connectivity index (χ1) is 12.9. The predicted molar refractivity (Wildman–Crippen MR) is 110 cm³/mol. The van der Waals surface area contributed by atoms with Gasteiger partial charge in [0.1, 0.15) is 11.5 Å². The second-order valence-electron chi connectivity index (χ2n) is 5.92. The van der Waals surface area contributed by atoms with Gasteiger partial charge in [0.25, 0.3) is 10.0 Å². The standard InChI is InChI=1S/C20H20BrNO4S/c1-4-26-20-17-13-15(25-3)7-10-19(17)22(12-11-18(20)21)27(23,24)16-8-5-14(2)6-9-16/h5-13H,4H2,1-3H3. The maximum atomic E-state index is 13.3. The van der Waals surface area contributed by atoms with Gasteiger partial charge in [-0.25, -0.2) is 12.7 Å². The molecule has 0 atom stereocenters. The highest BCUT2D eigenvalue weighted by atomic mass is 79.9. The number of aryl methyl sites for hydroxylation is 1. The Balaban J connectivity index is 2.20. The van der Waals surface area contributed by atoms with Crippen LogP contribution >= 0.6 is 15.9 Å². The summed E-state index contributed by atoms with van der Waals surface area (Å²) in [6, 6.07) is 12.0. The van der Waals surface area contributed by atoms with Crippen molar-refractivity contribution < 1.29 is 17.9 Å². The Labute approximate surface area is 168 Å². The van der Waals surface area contributed by atoms with Gasteiger partial charge in [-0.05, 0) is 66.2 Å². The number of halogens is 1. The summed E-state index contributed by atoms with van der Waals surface area (Å²) < 4.78 is 39.6. The maximum absolute atomic E-state index is 13.3. The lowest BCUT2D eigenvalue weighted by Gasteiger charge is -2.23. The summed E-state index contributed by atoms with van der Waals surface area (Å²) in [5.74, 6) is 1.17. The average molecular weight is 450 g/mol. The van der Waals surface area contributed by atoms with Crippen LogP contribution in [0.25, 0.3) is 5.76 Å². The van der Waals surface area contributed by atoms with Crippen molar-refractivity contribution >= 4 is 37.4 Å². The van der Waals surface area contributed by atoms with Crippen molar-refractivity contribution in [2.75, 3.05) is 18.0 Å². The van der Waals surface area contributed by atoms with Gasteiger partial charge in [-0.3, -0.25) is 0 Å². The van der Waals surface area contributed by atoms with Gasteiger partial charge in [0.2, 0.25) is 0 Å². The number of fused-ring (bicyclic) bond motifs is 1. The van der Waals surface area contributed by atoms with Crippen LogP contribution in [-0.4, -0.2) is 22.1 Å². The second kappa shape index (κ2) is 7.78. The molecular formula is C20H20BrNO4S. The fourth-order valence-electron chi connectivity index (χ4n) is 2.76. The van der Waals surface area contributed by atoms with Crippen molar-refractivity contribution in [3.8, 4) is 5.75 Å². The lowest BCUT2D eigenvalue weighted by atomic mass is 10.1. The average Bonchev–Trinajstić information content (AvgIpc) is 2.79. The molecule has 0 unspecified atom stereocenters. The van der Waals surface area contributed by atoms with Crippen LogP contribution in [0.5, 0.6) is 5.75 Å². The lowest BCUT2D eigenvalue weighted by Crippen LogP contribution is -2.26. The van der Waals surface area contributed by atoms with E-state index < -0.39 is 10.0 Å². The van der Waals surface area contributed by atoms with Crippen LogP contribution in [0, 0.1) is 6.92 Å². The molecule has 0 fully saturated rings. The Morgan fingerprint density at radius 2 is 1.81 bits per heavy atom. The molecule has 27 heavy (non-hydrogen) atoms. The number of nitrogens with zero attached hydrogens (tertiary/aromatic N) is 1. The van der Waals surface area contributed by atoms with E-state index in [-0.39, 0.29) is 4.90 Å². The molecule has 0 radical (unpaired) electrons. The quantitative estimate of drug-likeness (QED) is 0.655. The summed E-state index contributed by atoms with van der Waals surface area (Å²) in [6.07, 6.45) is 3.19. The number of sulfonamides is 1. The van der Waals surface area contributed by atoms with Crippen LogP contribution in [0.15, 0.2) is 64.1 Å². The lowest BCUT2D eigenvalue weighted by molar-refractivity contribution is 0.297. The van der Waals surface area contributed by atoms with E-state index >= 15 is 0 Å². The molecule has 0 saturated heterocycles. The summed E-state index contributed by atoms with van der Waals surface area (Å²) in [5, 5.41) is 0. The smallest absolute Gasteiger partial charge is 0.268 e. The van der Waals surface area contributed by atoms with Crippen LogP contribution in [0.4, 0.5) is 5.69 Å². The molecule has 2 aromatic rings.